The van der Waals surface area contributed by atoms with E-state index in [2.05, 4.69) is 10.2 Å². The molecule has 3 rings (SSSR count). The molecule has 0 saturated heterocycles. The molecule has 2 aromatic carbocycles. The number of para-hydroxylation sites is 1. The van der Waals surface area contributed by atoms with E-state index < -0.39 is 23.6 Å². The van der Waals surface area contributed by atoms with Gasteiger partial charge in [0.15, 0.2) is 6.61 Å². The van der Waals surface area contributed by atoms with Gasteiger partial charge in [0.2, 0.25) is 5.91 Å². The van der Waals surface area contributed by atoms with Gasteiger partial charge in [0, 0.05) is 20.0 Å². The molecule has 1 aliphatic rings. The number of nitrogens with one attached hydrogen (secondary N) is 1. The third-order valence-corrected chi connectivity index (χ3v) is 7.04. The zero-order valence-corrected chi connectivity index (χ0v) is 28.9. The fourth-order valence-corrected chi connectivity index (χ4v) is 4.39. The minimum absolute atomic E-state index is 0.00569. The van der Waals surface area contributed by atoms with Gasteiger partial charge in [-0.05, 0) is 87.3 Å². The number of hydrogen-bond donors (Lipinski definition) is 1. The van der Waals surface area contributed by atoms with Crippen LogP contribution in [0.5, 0.6) is 11.5 Å². The van der Waals surface area contributed by atoms with Crippen molar-refractivity contribution in [2.45, 2.75) is 77.1 Å². The molecule has 0 aromatic heterocycles. The molecule has 1 N–H and O–H groups in total. The summed E-state index contributed by atoms with van der Waals surface area (Å²) in [5.41, 5.74) is 1.11. The molecule has 0 radical (unpaired) electrons. The molecule has 0 unspecified atom stereocenters. The average Bonchev–Trinajstić information content (AvgIpc) is 3.64. The standard InChI is InChI=1S/C18H25NO4.C15H18F2O.C4H7NO4/c1-3-4-5-6-7-17(20)19-14-18(21)23-16-10-8-15(9-11-16)12-13-22-2;16-15(17,11-10-13-6-4-5-7-13)12-18-14-8-2-1-3-9-14;6-3-1-2-4-9-5(7)8/h3-4,8-11H,5-7,12-14H2,1-2H3,(H,19,20);1-3,8-11,13H,4-7,12H2;3H,1-2,4H2/b4-3-;11-10+;. The number of alkyl halides is 2. The zero-order valence-electron chi connectivity index (χ0n) is 28.9. The Morgan fingerprint density at radius 3 is 2.32 bits per heavy atom. The number of aldehydes is 1. The van der Waals surface area contributed by atoms with Gasteiger partial charge in [-0.15, -0.1) is 10.1 Å². The molecule has 0 heterocycles. The maximum Gasteiger partial charge on any atom is 0.330 e. The van der Waals surface area contributed by atoms with Crippen molar-refractivity contribution in [2.24, 2.45) is 5.92 Å². The Hall–Kier alpha value is -4.65. The fourth-order valence-electron chi connectivity index (χ4n) is 4.39. The summed E-state index contributed by atoms with van der Waals surface area (Å²) >= 11 is 0. The van der Waals surface area contributed by atoms with E-state index in [-0.39, 0.29) is 19.1 Å². The molecule has 1 aliphatic carbocycles. The van der Waals surface area contributed by atoms with Crippen LogP contribution < -0.4 is 14.8 Å². The smallest absolute Gasteiger partial charge is 0.330 e. The van der Waals surface area contributed by atoms with Crippen LogP contribution in [-0.2, 0) is 30.4 Å². The Bertz CT molecular complexity index is 1280. The molecule has 276 valence electrons. The van der Waals surface area contributed by atoms with Gasteiger partial charge < -0.3 is 29.2 Å². The van der Waals surface area contributed by atoms with E-state index in [0.717, 1.165) is 56.6 Å². The lowest BCUT2D eigenvalue weighted by molar-refractivity contribution is -0.757. The van der Waals surface area contributed by atoms with Gasteiger partial charge in [0.25, 0.3) is 11.0 Å². The predicted octanol–water partition coefficient (Wildman–Crippen LogP) is 7.26. The molecule has 0 spiro atoms. The first-order valence-electron chi connectivity index (χ1n) is 16.7. The molecule has 0 aliphatic heterocycles. The summed E-state index contributed by atoms with van der Waals surface area (Å²) in [6, 6.07) is 16.0. The fraction of sp³-hybridized carbons (Fsp3) is 0.486. The van der Waals surface area contributed by atoms with Crippen LogP contribution in [0.4, 0.5) is 8.78 Å². The van der Waals surface area contributed by atoms with Crippen molar-refractivity contribution in [1.29, 1.82) is 0 Å². The number of benzene rings is 2. The van der Waals surface area contributed by atoms with Crippen molar-refractivity contribution in [3.05, 3.63) is 94.6 Å². The highest BCUT2D eigenvalue weighted by Crippen LogP contribution is 2.28. The highest BCUT2D eigenvalue weighted by Gasteiger charge is 2.27. The Kier molecular flexibility index (Phi) is 23.6. The van der Waals surface area contributed by atoms with Crippen LogP contribution in [0.2, 0.25) is 0 Å². The first-order valence-corrected chi connectivity index (χ1v) is 16.7. The van der Waals surface area contributed by atoms with Crippen molar-refractivity contribution in [1.82, 2.24) is 5.32 Å². The van der Waals surface area contributed by atoms with Crippen LogP contribution in [0.15, 0.2) is 78.9 Å². The number of carbonyl (C=O) groups is 3. The first-order chi connectivity index (χ1) is 24.1. The number of hydrogen-bond acceptors (Lipinski definition) is 9. The van der Waals surface area contributed by atoms with Crippen LogP contribution >= 0.6 is 0 Å². The number of nitrogens with zero attached hydrogens (tertiary/aromatic N) is 1. The van der Waals surface area contributed by atoms with Crippen molar-refractivity contribution >= 4 is 18.2 Å². The van der Waals surface area contributed by atoms with Crippen molar-refractivity contribution in [3.8, 4) is 11.5 Å². The minimum Gasteiger partial charge on any atom is -0.487 e. The van der Waals surface area contributed by atoms with E-state index in [0.29, 0.717) is 49.6 Å². The van der Waals surface area contributed by atoms with E-state index in [9.17, 15) is 33.3 Å². The highest BCUT2D eigenvalue weighted by atomic mass is 19.3. The molecule has 0 atom stereocenters. The van der Waals surface area contributed by atoms with Crippen molar-refractivity contribution in [3.63, 3.8) is 0 Å². The van der Waals surface area contributed by atoms with Gasteiger partial charge >= 0.3 is 5.97 Å². The number of amides is 1. The highest BCUT2D eigenvalue weighted by molar-refractivity contribution is 5.82. The van der Waals surface area contributed by atoms with Crippen LogP contribution in [0.3, 0.4) is 0 Å². The average molecular weight is 705 g/mol. The van der Waals surface area contributed by atoms with Crippen LogP contribution in [0, 0.1) is 16.0 Å². The molecular weight excluding hydrogens is 654 g/mol. The molecule has 2 aromatic rings. The Labute approximate surface area is 293 Å². The SMILES string of the molecule is C/C=C\CCCC(=O)NCC(=O)Oc1ccc(CCOC)cc1.FC(F)(/C=C/C1CCCC1)COc1ccccc1.O=CCCCO[N+](=O)[O-]. The maximum atomic E-state index is 13.6. The normalized spacial score (nSPS) is 12.7. The third-order valence-electron chi connectivity index (χ3n) is 7.04. The molecule has 0 bridgehead atoms. The van der Waals surface area contributed by atoms with Crippen molar-refractivity contribution < 1.29 is 47.3 Å². The molecule has 1 fully saturated rings. The number of rotatable bonds is 20. The molecule has 1 amide bonds. The second kappa shape index (κ2) is 27.2. The van der Waals surface area contributed by atoms with Gasteiger partial charge in [-0.3, -0.25) is 4.79 Å². The van der Waals surface area contributed by atoms with E-state index in [1.807, 2.05) is 37.3 Å². The predicted molar refractivity (Wildman–Crippen MR) is 186 cm³/mol. The zero-order chi connectivity index (χ0) is 36.9. The molecule has 13 heteroatoms. The summed E-state index contributed by atoms with van der Waals surface area (Å²) in [4.78, 5) is 46.2. The van der Waals surface area contributed by atoms with Crippen LogP contribution in [-0.4, -0.2) is 62.6 Å². The summed E-state index contributed by atoms with van der Waals surface area (Å²) in [5.74, 6) is -2.23. The largest absolute Gasteiger partial charge is 0.487 e. The first kappa shape index (κ1) is 43.4. The van der Waals surface area contributed by atoms with E-state index in [1.165, 1.54) is 0 Å². The van der Waals surface area contributed by atoms with E-state index >= 15 is 0 Å². The van der Waals surface area contributed by atoms with Crippen LogP contribution in [0.25, 0.3) is 0 Å². The summed E-state index contributed by atoms with van der Waals surface area (Å²) in [6.07, 6.45) is 15.3. The lowest BCUT2D eigenvalue weighted by atomic mass is 10.1. The van der Waals surface area contributed by atoms with E-state index in [4.69, 9.17) is 14.2 Å². The summed E-state index contributed by atoms with van der Waals surface area (Å²) in [6.45, 7) is 1.89. The van der Waals surface area contributed by atoms with Crippen molar-refractivity contribution in [2.75, 3.05) is 33.5 Å². The molecule has 11 nitrogen and oxygen atoms in total. The summed E-state index contributed by atoms with van der Waals surface area (Å²) < 4.78 is 42.4. The minimum atomic E-state index is -2.89. The number of esters is 1. The lowest BCUT2D eigenvalue weighted by Gasteiger charge is -2.14. The van der Waals surface area contributed by atoms with Gasteiger partial charge in [0.1, 0.15) is 24.3 Å². The Morgan fingerprint density at radius 2 is 1.70 bits per heavy atom. The summed E-state index contributed by atoms with van der Waals surface area (Å²) in [7, 11) is 1.66. The van der Waals surface area contributed by atoms with Crippen LogP contribution in [0.1, 0.15) is 70.3 Å². The number of allylic oxidation sites excluding steroid dienone is 3. The number of methoxy groups -OCH3 is 1. The molecule has 50 heavy (non-hydrogen) atoms. The number of ether oxygens (including phenoxy) is 3. The quantitative estimate of drug-likeness (QED) is 0.0286. The number of carbonyl (C=O) groups excluding carboxylic acids is 3. The maximum absolute atomic E-state index is 13.6. The second-order valence-corrected chi connectivity index (χ2v) is 11.2. The summed E-state index contributed by atoms with van der Waals surface area (Å²) in [5, 5.41) is 11.2. The third kappa shape index (κ3) is 23.6. The Balaban J connectivity index is 0.000000410. The Morgan fingerprint density at radius 1 is 1.00 bits per heavy atom. The second-order valence-electron chi connectivity index (χ2n) is 11.2. The number of unbranched alkanes of at least 4 members (excludes halogenated alkanes) is 2. The monoisotopic (exact) mass is 704 g/mol. The number of halogens is 2. The molecule has 1 saturated carbocycles. The van der Waals surface area contributed by atoms with Gasteiger partial charge in [-0.25, -0.2) is 4.79 Å². The lowest BCUT2D eigenvalue weighted by Crippen LogP contribution is -2.31. The van der Waals surface area contributed by atoms with Gasteiger partial charge in [-0.1, -0.05) is 61.4 Å². The van der Waals surface area contributed by atoms with E-state index in [1.54, 1.807) is 49.6 Å². The van der Waals surface area contributed by atoms with Gasteiger partial charge in [-0.2, -0.15) is 8.78 Å². The topological polar surface area (TPSA) is 143 Å². The molecular formula is C37H50F2N2O9. The van der Waals surface area contributed by atoms with Gasteiger partial charge in [0.05, 0.1) is 13.2 Å².